The van der Waals surface area contributed by atoms with Crippen LogP contribution in [0.25, 0.3) is 0 Å². The van der Waals surface area contributed by atoms with Gasteiger partial charge in [0.25, 0.3) is 0 Å². The molecule has 0 saturated heterocycles. The molecule has 1 heterocycles. The van der Waals surface area contributed by atoms with Gasteiger partial charge in [-0.25, -0.2) is 8.42 Å². The van der Waals surface area contributed by atoms with Gasteiger partial charge in [0.2, 0.25) is 10.0 Å². The molecule has 1 atom stereocenters. The van der Waals surface area contributed by atoms with E-state index >= 15 is 0 Å². The summed E-state index contributed by atoms with van der Waals surface area (Å²) >= 11 is 5.85. The number of halogens is 1. The molecular formula is C17H22ClNO4S. The molecule has 0 aliphatic heterocycles. The molecule has 24 heavy (non-hydrogen) atoms. The van der Waals surface area contributed by atoms with E-state index in [4.69, 9.17) is 16.0 Å². The average Bonchev–Trinajstić information content (AvgIpc) is 3.04. The molecule has 0 aliphatic carbocycles. The maximum atomic E-state index is 13.1. The lowest BCUT2D eigenvalue weighted by molar-refractivity contribution is 0.164. The van der Waals surface area contributed by atoms with Crippen LogP contribution in [-0.4, -0.2) is 30.5 Å². The predicted molar refractivity (Wildman–Crippen MR) is 93.2 cm³/mol. The molecule has 2 aromatic rings. The van der Waals surface area contributed by atoms with E-state index < -0.39 is 16.1 Å². The van der Waals surface area contributed by atoms with Gasteiger partial charge in [0, 0.05) is 23.2 Å². The minimum atomic E-state index is -3.78. The monoisotopic (exact) mass is 371 g/mol. The minimum Gasteiger partial charge on any atom is -0.472 e. The summed E-state index contributed by atoms with van der Waals surface area (Å²) < 4.78 is 32.6. The van der Waals surface area contributed by atoms with E-state index in [1.54, 1.807) is 18.2 Å². The minimum absolute atomic E-state index is 0.138. The molecule has 0 bridgehead atoms. The molecule has 7 heteroatoms. The van der Waals surface area contributed by atoms with Crippen LogP contribution in [0.2, 0.25) is 5.02 Å². The van der Waals surface area contributed by atoms with Crippen LogP contribution in [0, 0.1) is 5.92 Å². The molecule has 5 nitrogen and oxygen atoms in total. The van der Waals surface area contributed by atoms with Crippen molar-refractivity contribution in [3.8, 4) is 0 Å². The van der Waals surface area contributed by atoms with E-state index in [9.17, 15) is 13.5 Å². The standard InChI is InChI=1S/C17H22ClNO4S/c1-13(2)9-16(11-20)19(10-14-7-8-23-12-14)24(21,22)17-5-3-15(18)4-6-17/h3-8,12-13,16,20H,9-11H2,1-2H3. The molecule has 0 saturated carbocycles. The highest BCUT2D eigenvalue weighted by atomic mass is 35.5. The van der Waals surface area contributed by atoms with Crippen LogP contribution in [0.4, 0.5) is 0 Å². The lowest BCUT2D eigenvalue weighted by atomic mass is 10.0. The topological polar surface area (TPSA) is 70.8 Å². The van der Waals surface area contributed by atoms with Crippen molar-refractivity contribution in [1.82, 2.24) is 4.31 Å². The zero-order chi connectivity index (χ0) is 17.7. The fourth-order valence-electron chi connectivity index (χ4n) is 2.54. The summed E-state index contributed by atoms with van der Waals surface area (Å²) in [4.78, 5) is 0.151. The van der Waals surface area contributed by atoms with Crippen LogP contribution in [0.5, 0.6) is 0 Å². The first-order chi connectivity index (χ1) is 11.3. The largest absolute Gasteiger partial charge is 0.472 e. The van der Waals surface area contributed by atoms with Crippen molar-refractivity contribution in [3.63, 3.8) is 0 Å². The van der Waals surface area contributed by atoms with Gasteiger partial charge in [-0.1, -0.05) is 25.4 Å². The Bertz CT molecular complexity index is 726. The third kappa shape index (κ3) is 4.60. The Morgan fingerprint density at radius 1 is 1.21 bits per heavy atom. The molecule has 2 rings (SSSR count). The van der Waals surface area contributed by atoms with Gasteiger partial charge >= 0.3 is 0 Å². The van der Waals surface area contributed by atoms with Crippen molar-refractivity contribution in [1.29, 1.82) is 0 Å². The third-order valence-corrected chi connectivity index (χ3v) is 5.86. The molecule has 1 aromatic carbocycles. The van der Waals surface area contributed by atoms with Crippen LogP contribution in [0.3, 0.4) is 0 Å². The van der Waals surface area contributed by atoms with Gasteiger partial charge in [0.1, 0.15) is 0 Å². The van der Waals surface area contributed by atoms with Crippen LogP contribution >= 0.6 is 11.6 Å². The number of rotatable bonds is 8. The quantitative estimate of drug-likeness (QED) is 0.770. The first kappa shape index (κ1) is 19.0. The van der Waals surface area contributed by atoms with E-state index in [2.05, 4.69) is 0 Å². The summed E-state index contributed by atoms with van der Waals surface area (Å²) in [6.45, 7) is 3.88. The smallest absolute Gasteiger partial charge is 0.243 e. The zero-order valence-electron chi connectivity index (χ0n) is 13.7. The Morgan fingerprint density at radius 2 is 1.88 bits per heavy atom. The fraction of sp³-hybridized carbons (Fsp3) is 0.412. The van der Waals surface area contributed by atoms with Crippen molar-refractivity contribution in [3.05, 3.63) is 53.4 Å². The van der Waals surface area contributed by atoms with E-state index in [0.717, 1.165) is 5.56 Å². The molecular weight excluding hydrogens is 350 g/mol. The van der Waals surface area contributed by atoms with Crippen molar-refractivity contribution in [2.24, 2.45) is 5.92 Å². The van der Waals surface area contributed by atoms with E-state index in [0.29, 0.717) is 11.4 Å². The molecule has 1 aromatic heterocycles. The highest BCUT2D eigenvalue weighted by Gasteiger charge is 2.32. The Hall–Kier alpha value is -1.34. The van der Waals surface area contributed by atoms with Gasteiger partial charge in [-0.3, -0.25) is 0 Å². The summed E-state index contributed by atoms with van der Waals surface area (Å²) in [5.41, 5.74) is 0.731. The van der Waals surface area contributed by atoms with E-state index in [1.165, 1.54) is 29.0 Å². The molecule has 0 spiro atoms. The van der Waals surface area contributed by atoms with Gasteiger partial charge in [0.15, 0.2) is 0 Å². The van der Waals surface area contributed by atoms with Crippen molar-refractivity contribution < 1.29 is 17.9 Å². The molecule has 0 aliphatic rings. The zero-order valence-corrected chi connectivity index (χ0v) is 15.3. The number of furan rings is 1. The summed E-state index contributed by atoms with van der Waals surface area (Å²) in [5, 5.41) is 10.2. The number of hydrogen-bond acceptors (Lipinski definition) is 4. The first-order valence-corrected chi connectivity index (χ1v) is 9.55. The number of aliphatic hydroxyl groups excluding tert-OH is 1. The second-order valence-electron chi connectivity index (χ2n) is 6.10. The third-order valence-electron chi connectivity index (χ3n) is 3.70. The Balaban J connectivity index is 2.41. The number of aliphatic hydroxyl groups is 1. The second kappa shape index (κ2) is 8.16. The summed E-state index contributed by atoms with van der Waals surface area (Å²) in [6, 6.07) is 7.24. The Labute approximate surface area is 147 Å². The summed E-state index contributed by atoms with van der Waals surface area (Å²) in [7, 11) is -3.78. The van der Waals surface area contributed by atoms with Crippen LogP contribution in [0.1, 0.15) is 25.8 Å². The van der Waals surface area contributed by atoms with E-state index in [-0.39, 0.29) is 24.0 Å². The maximum Gasteiger partial charge on any atom is 0.243 e. The highest BCUT2D eigenvalue weighted by molar-refractivity contribution is 7.89. The SMILES string of the molecule is CC(C)CC(CO)N(Cc1ccoc1)S(=O)(=O)c1ccc(Cl)cc1. The number of benzene rings is 1. The van der Waals surface area contributed by atoms with Gasteiger partial charge in [0.05, 0.1) is 24.0 Å². The molecule has 0 radical (unpaired) electrons. The lowest BCUT2D eigenvalue weighted by Crippen LogP contribution is -2.42. The van der Waals surface area contributed by atoms with Crippen LogP contribution in [0.15, 0.2) is 52.2 Å². The average molecular weight is 372 g/mol. The molecule has 1 unspecified atom stereocenters. The Kier molecular flexibility index (Phi) is 6.46. The Morgan fingerprint density at radius 3 is 2.38 bits per heavy atom. The van der Waals surface area contributed by atoms with Gasteiger partial charge in [-0.2, -0.15) is 4.31 Å². The van der Waals surface area contributed by atoms with Crippen molar-refractivity contribution in [2.75, 3.05) is 6.61 Å². The second-order valence-corrected chi connectivity index (χ2v) is 8.43. The first-order valence-electron chi connectivity index (χ1n) is 7.74. The molecule has 0 amide bonds. The normalized spacial score (nSPS) is 13.6. The fourth-order valence-corrected chi connectivity index (χ4v) is 4.28. The van der Waals surface area contributed by atoms with Crippen molar-refractivity contribution >= 4 is 21.6 Å². The number of sulfonamides is 1. The number of nitrogens with zero attached hydrogens (tertiary/aromatic N) is 1. The van der Waals surface area contributed by atoms with E-state index in [1.807, 2.05) is 13.8 Å². The number of hydrogen-bond donors (Lipinski definition) is 1. The van der Waals surface area contributed by atoms with Gasteiger partial charge in [-0.15, -0.1) is 0 Å². The van der Waals surface area contributed by atoms with Gasteiger partial charge in [-0.05, 0) is 42.7 Å². The molecule has 1 N–H and O–H groups in total. The van der Waals surface area contributed by atoms with Gasteiger partial charge < -0.3 is 9.52 Å². The van der Waals surface area contributed by atoms with Crippen LogP contribution < -0.4 is 0 Å². The lowest BCUT2D eigenvalue weighted by Gasteiger charge is -2.30. The predicted octanol–water partition coefficient (Wildman–Crippen LogP) is 3.53. The van der Waals surface area contributed by atoms with Crippen LogP contribution in [-0.2, 0) is 16.6 Å². The summed E-state index contributed by atoms with van der Waals surface area (Å²) in [6.07, 6.45) is 3.56. The molecule has 132 valence electrons. The van der Waals surface area contributed by atoms with Crippen molar-refractivity contribution in [2.45, 2.75) is 37.8 Å². The highest BCUT2D eigenvalue weighted by Crippen LogP contribution is 2.25. The maximum absolute atomic E-state index is 13.1. The molecule has 0 fully saturated rings. The summed E-state index contributed by atoms with van der Waals surface area (Å²) in [5.74, 6) is 0.245.